The predicted octanol–water partition coefficient (Wildman–Crippen LogP) is 3.05. The zero-order valence-electron chi connectivity index (χ0n) is 11.8. The summed E-state index contributed by atoms with van der Waals surface area (Å²) < 4.78 is 0. The maximum atomic E-state index is 4.23. The summed E-state index contributed by atoms with van der Waals surface area (Å²) in [5, 5.41) is 10.9. The number of thiophene rings is 1. The number of guanidine groups is 1. The third kappa shape index (κ3) is 5.05. The molecule has 2 rings (SSSR count). The van der Waals surface area contributed by atoms with Gasteiger partial charge in [0.25, 0.3) is 0 Å². The molecule has 2 N–H and O–H groups in total. The Balaban J connectivity index is 1.64. The van der Waals surface area contributed by atoms with Crippen molar-refractivity contribution in [2.75, 3.05) is 13.6 Å². The van der Waals surface area contributed by atoms with Gasteiger partial charge in [0.15, 0.2) is 5.96 Å². The highest BCUT2D eigenvalue weighted by Gasteiger charge is 1.98. The first-order valence-electron chi connectivity index (χ1n) is 6.88. The fourth-order valence-corrected chi connectivity index (χ4v) is 2.61. The molecule has 106 valence electrons. The first-order valence-corrected chi connectivity index (χ1v) is 7.82. The number of nitrogens with one attached hydrogen (secondary N) is 2. The van der Waals surface area contributed by atoms with Gasteiger partial charge < -0.3 is 10.6 Å². The van der Waals surface area contributed by atoms with Gasteiger partial charge >= 0.3 is 0 Å². The summed E-state index contributed by atoms with van der Waals surface area (Å²) in [4.78, 5) is 4.23. The fourth-order valence-electron chi connectivity index (χ4n) is 1.94. The Kier molecular flexibility index (Phi) is 6.11. The summed E-state index contributed by atoms with van der Waals surface area (Å²) in [5.74, 6) is 0.865. The zero-order valence-corrected chi connectivity index (χ0v) is 12.6. The van der Waals surface area contributed by atoms with Gasteiger partial charge in [-0.15, -0.1) is 0 Å². The van der Waals surface area contributed by atoms with Gasteiger partial charge in [-0.05, 0) is 40.8 Å². The van der Waals surface area contributed by atoms with E-state index in [1.807, 2.05) is 0 Å². The molecule has 0 fully saturated rings. The topological polar surface area (TPSA) is 36.4 Å². The monoisotopic (exact) mass is 287 g/mol. The normalized spacial score (nSPS) is 11.3. The van der Waals surface area contributed by atoms with Gasteiger partial charge in [0.05, 0.1) is 0 Å². The van der Waals surface area contributed by atoms with Crippen molar-refractivity contribution in [2.24, 2.45) is 4.99 Å². The molecular formula is C16H21N3S. The maximum Gasteiger partial charge on any atom is 0.191 e. The molecule has 0 saturated carbocycles. The molecule has 0 radical (unpaired) electrons. The third-order valence-electron chi connectivity index (χ3n) is 3.04. The predicted molar refractivity (Wildman–Crippen MR) is 87.3 cm³/mol. The van der Waals surface area contributed by atoms with E-state index in [1.54, 1.807) is 18.4 Å². The van der Waals surface area contributed by atoms with Crippen molar-refractivity contribution in [3.05, 3.63) is 58.3 Å². The van der Waals surface area contributed by atoms with Crippen LogP contribution in [0, 0.1) is 0 Å². The second-order valence-corrected chi connectivity index (χ2v) is 5.35. The van der Waals surface area contributed by atoms with Crippen molar-refractivity contribution < 1.29 is 0 Å². The minimum Gasteiger partial charge on any atom is -0.356 e. The van der Waals surface area contributed by atoms with Crippen LogP contribution in [0.5, 0.6) is 0 Å². The second kappa shape index (κ2) is 8.38. The fraction of sp³-hybridized carbons (Fsp3) is 0.312. The molecule has 20 heavy (non-hydrogen) atoms. The van der Waals surface area contributed by atoms with E-state index >= 15 is 0 Å². The number of rotatable bonds is 6. The molecule has 4 heteroatoms. The number of benzene rings is 1. The second-order valence-electron chi connectivity index (χ2n) is 4.57. The number of nitrogens with zero attached hydrogens (tertiary/aromatic N) is 1. The van der Waals surface area contributed by atoms with Crippen LogP contribution in [0.2, 0.25) is 0 Å². The van der Waals surface area contributed by atoms with Crippen molar-refractivity contribution in [1.29, 1.82) is 0 Å². The van der Waals surface area contributed by atoms with Crippen LogP contribution in [-0.4, -0.2) is 19.6 Å². The van der Waals surface area contributed by atoms with Crippen LogP contribution >= 0.6 is 11.3 Å². The molecule has 1 aromatic heterocycles. The number of hydrogen-bond acceptors (Lipinski definition) is 2. The molecule has 0 aliphatic heterocycles. The van der Waals surface area contributed by atoms with Gasteiger partial charge in [-0.3, -0.25) is 4.99 Å². The first-order chi connectivity index (χ1) is 9.88. The summed E-state index contributed by atoms with van der Waals surface area (Å²) in [5.41, 5.74) is 2.68. The molecule has 0 spiro atoms. The Morgan fingerprint density at radius 1 is 1.10 bits per heavy atom. The zero-order chi connectivity index (χ0) is 14.0. The van der Waals surface area contributed by atoms with E-state index < -0.39 is 0 Å². The summed E-state index contributed by atoms with van der Waals surface area (Å²) in [6.45, 7) is 1.75. The van der Waals surface area contributed by atoms with Crippen LogP contribution in [0.25, 0.3) is 0 Å². The molecule has 0 aliphatic rings. The molecular weight excluding hydrogens is 266 g/mol. The number of aliphatic imine (C=N–C) groups is 1. The highest BCUT2D eigenvalue weighted by Crippen LogP contribution is 2.04. The van der Waals surface area contributed by atoms with Crippen LogP contribution in [0.1, 0.15) is 17.5 Å². The van der Waals surface area contributed by atoms with Gasteiger partial charge in [0.1, 0.15) is 0 Å². The average Bonchev–Trinajstić information content (AvgIpc) is 3.01. The molecule has 3 nitrogen and oxygen atoms in total. The van der Waals surface area contributed by atoms with Gasteiger partial charge in [-0.25, -0.2) is 0 Å². The summed E-state index contributed by atoms with van der Waals surface area (Å²) in [6, 6.07) is 12.7. The smallest absolute Gasteiger partial charge is 0.191 e. The van der Waals surface area contributed by atoms with E-state index in [2.05, 4.69) is 62.8 Å². The molecule has 0 unspecified atom stereocenters. The van der Waals surface area contributed by atoms with Gasteiger partial charge in [0.2, 0.25) is 0 Å². The van der Waals surface area contributed by atoms with E-state index in [-0.39, 0.29) is 0 Å². The van der Waals surface area contributed by atoms with Crippen LogP contribution in [-0.2, 0) is 13.0 Å². The van der Waals surface area contributed by atoms with Crippen LogP contribution in [0.3, 0.4) is 0 Å². The standard InChI is InChI=1S/C16H21N3S/c1-17-16(19-12-15-9-11-20-13-15)18-10-5-8-14-6-3-2-4-7-14/h2-4,6-7,9,11,13H,5,8,10,12H2,1H3,(H2,17,18,19). The molecule has 0 atom stereocenters. The molecule has 1 aromatic carbocycles. The maximum absolute atomic E-state index is 4.23. The Hall–Kier alpha value is -1.81. The van der Waals surface area contributed by atoms with Crippen molar-refractivity contribution >= 4 is 17.3 Å². The summed E-state index contributed by atoms with van der Waals surface area (Å²) in [7, 11) is 1.81. The highest BCUT2D eigenvalue weighted by atomic mass is 32.1. The molecule has 0 amide bonds. The third-order valence-corrected chi connectivity index (χ3v) is 3.77. The first kappa shape index (κ1) is 14.6. The molecule has 0 bridgehead atoms. The lowest BCUT2D eigenvalue weighted by molar-refractivity contribution is 0.742. The van der Waals surface area contributed by atoms with Gasteiger partial charge in [-0.1, -0.05) is 30.3 Å². The summed E-state index contributed by atoms with van der Waals surface area (Å²) >= 11 is 1.72. The molecule has 0 aliphatic carbocycles. The Bertz CT molecular complexity index is 506. The number of hydrogen-bond donors (Lipinski definition) is 2. The van der Waals surface area contributed by atoms with Crippen molar-refractivity contribution in [3.8, 4) is 0 Å². The van der Waals surface area contributed by atoms with Gasteiger partial charge in [-0.2, -0.15) is 11.3 Å². The van der Waals surface area contributed by atoms with E-state index in [4.69, 9.17) is 0 Å². The Morgan fingerprint density at radius 3 is 2.65 bits per heavy atom. The van der Waals surface area contributed by atoms with Crippen LogP contribution in [0.15, 0.2) is 52.2 Å². The quantitative estimate of drug-likeness (QED) is 0.487. The van der Waals surface area contributed by atoms with Gasteiger partial charge in [0, 0.05) is 20.1 Å². The van der Waals surface area contributed by atoms with E-state index in [0.717, 1.165) is 31.9 Å². The van der Waals surface area contributed by atoms with Crippen LogP contribution < -0.4 is 10.6 Å². The average molecular weight is 287 g/mol. The molecule has 2 aromatic rings. The lowest BCUT2D eigenvalue weighted by Gasteiger charge is -2.11. The summed E-state index contributed by atoms with van der Waals surface area (Å²) in [6.07, 6.45) is 2.19. The Morgan fingerprint density at radius 2 is 1.95 bits per heavy atom. The minimum absolute atomic E-state index is 0.821. The molecule has 1 heterocycles. The highest BCUT2D eigenvalue weighted by molar-refractivity contribution is 7.07. The van der Waals surface area contributed by atoms with Crippen molar-refractivity contribution in [2.45, 2.75) is 19.4 Å². The Labute approximate surface area is 124 Å². The molecule has 0 saturated heterocycles. The number of aryl methyl sites for hydroxylation is 1. The lowest BCUT2D eigenvalue weighted by Crippen LogP contribution is -2.37. The van der Waals surface area contributed by atoms with Crippen LogP contribution in [0.4, 0.5) is 0 Å². The van der Waals surface area contributed by atoms with Crippen molar-refractivity contribution in [3.63, 3.8) is 0 Å². The lowest BCUT2D eigenvalue weighted by atomic mass is 10.1. The SMILES string of the molecule is CN=C(NCCCc1ccccc1)NCc1ccsc1. The van der Waals surface area contributed by atoms with Crippen molar-refractivity contribution in [1.82, 2.24) is 10.6 Å². The minimum atomic E-state index is 0.821. The van der Waals surface area contributed by atoms with E-state index in [9.17, 15) is 0 Å². The largest absolute Gasteiger partial charge is 0.356 e. The van der Waals surface area contributed by atoms with E-state index in [1.165, 1.54) is 11.1 Å². The van der Waals surface area contributed by atoms with E-state index in [0.29, 0.717) is 0 Å².